The second kappa shape index (κ2) is 6.20. The Morgan fingerprint density at radius 3 is 2.63 bits per heavy atom. The van der Waals surface area contributed by atoms with Gasteiger partial charge in [-0.2, -0.15) is 0 Å². The van der Waals surface area contributed by atoms with Crippen molar-refractivity contribution in [2.45, 2.75) is 58.3 Å². The normalized spacial score (nSPS) is 24.8. The highest BCUT2D eigenvalue weighted by molar-refractivity contribution is 5.85. The second-order valence-electron chi connectivity index (χ2n) is 5.42. The molecule has 104 valence electrons. The van der Waals surface area contributed by atoms with Crippen molar-refractivity contribution in [3.8, 4) is 0 Å². The van der Waals surface area contributed by atoms with Gasteiger partial charge in [0, 0.05) is 6.04 Å². The number of rotatable bonds is 5. The Morgan fingerprint density at radius 2 is 2.00 bits per heavy atom. The van der Waals surface area contributed by atoms with Crippen molar-refractivity contribution in [1.82, 2.24) is 10.2 Å². The zero-order valence-electron chi connectivity index (χ0n) is 12.1. The number of amides is 1. The van der Waals surface area contributed by atoms with Crippen LogP contribution in [0.4, 0.5) is 0 Å². The number of hydrogen-bond acceptors (Lipinski definition) is 2. The van der Waals surface area contributed by atoms with Crippen LogP contribution in [-0.2, 0) is 4.79 Å². The maximum Gasteiger partial charge on any atom is 0.245 e. The Bertz CT molecular complexity index is 418. The molecule has 1 fully saturated rings. The van der Waals surface area contributed by atoms with E-state index in [9.17, 15) is 4.79 Å². The molecule has 0 aliphatic carbocycles. The molecule has 19 heavy (non-hydrogen) atoms. The zero-order valence-corrected chi connectivity index (χ0v) is 12.1. The van der Waals surface area contributed by atoms with Crippen molar-refractivity contribution in [2.75, 3.05) is 0 Å². The maximum absolute atomic E-state index is 12.6. The number of nitrogens with one attached hydrogen (secondary N) is 1. The van der Waals surface area contributed by atoms with Gasteiger partial charge in [0.25, 0.3) is 0 Å². The lowest BCUT2D eigenvalue weighted by atomic mass is 10.1. The van der Waals surface area contributed by atoms with E-state index in [-0.39, 0.29) is 18.1 Å². The molecule has 1 N–H and O–H groups in total. The van der Waals surface area contributed by atoms with Gasteiger partial charge in [0.15, 0.2) is 0 Å². The Hall–Kier alpha value is -1.35. The Morgan fingerprint density at radius 1 is 1.32 bits per heavy atom. The monoisotopic (exact) mass is 260 g/mol. The first-order valence-electron chi connectivity index (χ1n) is 7.28. The highest BCUT2D eigenvalue weighted by Gasteiger charge is 2.39. The van der Waals surface area contributed by atoms with E-state index in [1.54, 1.807) is 0 Å². The van der Waals surface area contributed by atoms with E-state index >= 15 is 0 Å². The highest BCUT2D eigenvalue weighted by Crippen LogP contribution is 2.26. The molecule has 2 rings (SSSR count). The van der Waals surface area contributed by atoms with E-state index in [4.69, 9.17) is 0 Å². The van der Waals surface area contributed by atoms with Crippen LogP contribution >= 0.6 is 0 Å². The fraction of sp³-hybridized carbons (Fsp3) is 0.562. The van der Waals surface area contributed by atoms with Crippen molar-refractivity contribution >= 4 is 5.91 Å². The summed E-state index contributed by atoms with van der Waals surface area (Å²) in [7, 11) is 0. The molecule has 1 aromatic rings. The Labute approximate surface area is 116 Å². The van der Waals surface area contributed by atoms with Gasteiger partial charge in [-0.15, -0.1) is 0 Å². The summed E-state index contributed by atoms with van der Waals surface area (Å²) in [5.41, 5.74) is 1.06. The fourth-order valence-corrected chi connectivity index (χ4v) is 2.85. The van der Waals surface area contributed by atoms with Crippen LogP contribution in [0, 0.1) is 0 Å². The number of carbonyl (C=O) groups excluding carboxylic acids is 1. The Balaban J connectivity index is 2.10. The molecular formula is C16H24N2O. The highest BCUT2D eigenvalue weighted by atomic mass is 16.2. The van der Waals surface area contributed by atoms with Crippen molar-refractivity contribution in [1.29, 1.82) is 0 Å². The number of nitrogens with zero attached hydrogens (tertiary/aromatic N) is 1. The van der Waals surface area contributed by atoms with Crippen LogP contribution in [0.3, 0.4) is 0 Å². The van der Waals surface area contributed by atoms with Crippen LogP contribution in [0.2, 0.25) is 0 Å². The number of unbranched alkanes of at least 4 members (excludes halogenated alkanes) is 1. The first kappa shape index (κ1) is 14.1. The summed E-state index contributed by atoms with van der Waals surface area (Å²) in [6.07, 6.45) is 3.55. The van der Waals surface area contributed by atoms with Gasteiger partial charge >= 0.3 is 0 Å². The molecule has 3 heteroatoms. The first-order chi connectivity index (χ1) is 9.15. The minimum absolute atomic E-state index is 0.115. The van der Waals surface area contributed by atoms with E-state index in [1.165, 1.54) is 12.8 Å². The predicted molar refractivity (Wildman–Crippen MR) is 77.6 cm³/mol. The molecular weight excluding hydrogens is 236 g/mol. The summed E-state index contributed by atoms with van der Waals surface area (Å²) in [4.78, 5) is 14.6. The van der Waals surface area contributed by atoms with Crippen molar-refractivity contribution in [2.24, 2.45) is 0 Å². The molecule has 0 spiro atoms. The van der Waals surface area contributed by atoms with Crippen molar-refractivity contribution in [3.05, 3.63) is 35.9 Å². The minimum Gasteiger partial charge on any atom is -0.323 e. The quantitative estimate of drug-likeness (QED) is 0.882. The molecule has 0 saturated carbocycles. The molecule has 0 radical (unpaired) electrons. The minimum atomic E-state index is -0.180. The van der Waals surface area contributed by atoms with Gasteiger partial charge in [0.1, 0.15) is 6.04 Å². The smallest absolute Gasteiger partial charge is 0.245 e. The summed E-state index contributed by atoms with van der Waals surface area (Å²) >= 11 is 0. The van der Waals surface area contributed by atoms with E-state index in [2.05, 4.69) is 26.1 Å². The SMILES string of the molecule is CCCCC(C)N1C(=O)C(c2ccccc2)NC1C. The molecule has 1 amide bonds. The average Bonchev–Trinajstić information content (AvgIpc) is 2.72. The second-order valence-corrected chi connectivity index (χ2v) is 5.42. The molecule has 1 saturated heterocycles. The molecule has 0 bridgehead atoms. The summed E-state index contributed by atoms with van der Waals surface area (Å²) in [6, 6.07) is 10.1. The molecule has 1 aliphatic heterocycles. The van der Waals surface area contributed by atoms with E-state index in [1.807, 2.05) is 35.2 Å². The molecule has 1 aliphatic rings. The maximum atomic E-state index is 12.6. The summed E-state index contributed by atoms with van der Waals surface area (Å²) in [6.45, 7) is 6.41. The zero-order chi connectivity index (χ0) is 13.8. The third kappa shape index (κ3) is 2.98. The lowest BCUT2D eigenvalue weighted by Gasteiger charge is -2.28. The number of carbonyl (C=O) groups is 1. The van der Waals surface area contributed by atoms with Gasteiger partial charge in [-0.1, -0.05) is 50.1 Å². The largest absolute Gasteiger partial charge is 0.323 e. The average molecular weight is 260 g/mol. The van der Waals surface area contributed by atoms with Crippen LogP contribution in [0.1, 0.15) is 51.6 Å². The van der Waals surface area contributed by atoms with E-state index < -0.39 is 0 Å². The van der Waals surface area contributed by atoms with Crippen molar-refractivity contribution in [3.63, 3.8) is 0 Å². The summed E-state index contributed by atoms with van der Waals surface area (Å²) in [5, 5.41) is 3.40. The molecule has 1 aromatic carbocycles. The van der Waals surface area contributed by atoms with Gasteiger partial charge in [-0.3, -0.25) is 10.1 Å². The van der Waals surface area contributed by atoms with Gasteiger partial charge in [-0.25, -0.2) is 0 Å². The third-order valence-corrected chi connectivity index (χ3v) is 3.91. The topological polar surface area (TPSA) is 32.3 Å². The van der Waals surface area contributed by atoms with Crippen LogP contribution in [0.15, 0.2) is 30.3 Å². The third-order valence-electron chi connectivity index (χ3n) is 3.91. The van der Waals surface area contributed by atoms with Gasteiger partial charge < -0.3 is 4.90 Å². The van der Waals surface area contributed by atoms with Crippen LogP contribution in [-0.4, -0.2) is 23.0 Å². The molecule has 0 aromatic heterocycles. The Kier molecular flexibility index (Phi) is 4.59. The predicted octanol–water partition coefficient (Wildman–Crippen LogP) is 3.08. The first-order valence-corrected chi connectivity index (χ1v) is 7.28. The van der Waals surface area contributed by atoms with Gasteiger partial charge in [-0.05, 0) is 25.8 Å². The van der Waals surface area contributed by atoms with Crippen LogP contribution < -0.4 is 5.32 Å². The van der Waals surface area contributed by atoms with E-state index in [0.717, 1.165) is 12.0 Å². The molecule has 1 heterocycles. The van der Waals surface area contributed by atoms with Crippen molar-refractivity contribution < 1.29 is 4.79 Å². The summed E-state index contributed by atoms with van der Waals surface area (Å²) < 4.78 is 0. The fourth-order valence-electron chi connectivity index (χ4n) is 2.85. The van der Waals surface area contributed by atoms with Crippen LogP contribution in [0.5, 0.6) is 0 Å². The molecule has 3 nitrogen and oxygen atoms in total. The number of hydrogen-bond donors (Lipinski definition) is 1. The standard InChI is InChI=1S/C16H24N2O/c1-4-5-9-12(2)18-13(3)17-15(16(18)19)14-10-7-6-8-11-14/h6-8,10-13,15,17H,4-5,9H2,1-3H3. The molecule has 3 unspecified atom stereocenters. The lowest BCUT2D eigenvalue weighted by molar-refractivity contribution is -0.132. The molecule has 3 atom stereocenters. The number of benzene rings is 1. The van der Waals surface area contributed by atoms with Gasteiger partial charge in [0.05, 0.1) is 6.17 Å². The lowest BCUT2D eigenvalue weighted by Crippen LogP contribution is -2.41. The van der Waals surface area contributed by atoms with Gasteiger partial charge in [0.2, 0.25) is 5.91 Å². The van der Waals surface area contributed by atoms with E-state index in [0.29, 0.717) is 6.04 Å². The summed E-state index contributed by atoms with van der Waals surface area (Å²) in [5.74, 6) is 0.210. The van der Waals surface area contributed by atoms with Crippen LogP contribution in [0.25, 0.3) is 0 Å².